The second-order valence-corrected chi connectivity index (χ2v) is 6.09. The highest BCUT2D eigenvalue weighted by atomic mass is 16.2. The Hall–Kier alpha value is -3.35. The minimum Gasteiger partial charge on any atom is -0.337 e. The van der Waals surface area contributed by atoms with Gasteiger partial charge in [0.05, 0.1) is 0 Å². The average molecular weight is 348 g/mol. The highest BCUT2D eigenvalue weighted by Gasteiger charge is 2.22. The fraction of sp³-hybridized carbons (Fsp3) is 0.211. The van der Waals surface area contributed by atoms with Gasteiger partial charge in [-0.1, -0.05) is 0 Å². The molecule has 0 unspecified atom stereocenters. The third kappa shape index (κ3) is 3.51. The van der Waals surface area contributed by atoms with E-state index >= 15 is 0 Å². The van der Waals surface area contributed by atoms with Crippen LogP contribution in [-0.4, -0.2) is 51.6 Å². The first-order chi connectivity index (χ1) is 12.8. The Morgan fingerprint density at radius 2 is 1.54 bits per heavy atom. The summed E-state index contributed by atoms with van der Waals surface area (Å²) >= 11 is 0. The number of nitrogens with one attached hydrogen (secondary N) is 1. The number of rotatable bonds is 3. The van der Waals surface area contributed by atoms with Gasteiger partial charge in [-0.3, -0.25) is 0 Å². The molecule has 26 heavy (non-hydrogen) atoms. The molecule has 7 nitrogen and oxygen atoms in total. The molecule has 1 aliphatic heterocycles. The Morgan fingerprint density at radius 3 is 2.19 bits per heavy atom. The smallest absolute Gasteiger partial charge is 0.321 e. The van der Waals surface area contributed by atoms with Gasteiger partial charge in [-0.05, 0) is 42.5 Å². The van der Waals surface area contributed by atoms with Crippen molar-refractivity contribution < 1.29 is 4.79 Å². The van der Waals surface area contributed by atoms with Crippen molar-refractivity contribution in [1.29, 1.82) is 0 Å². The second kappa shape index (κ2) is 7.26. The Labute approximate surface area is 151 Å². The summed E-state index contributed by atoms with van der Waals surface area (Å²) in [5, 5.41) is 2.97. The van der Waals surface area contributed by atoms with Crippen molar-refractivity contribution in [2.45, 2.75) is 0 Å². The monoisotopic (exact) mass is 348 g/mol. The number of hydrogen-bond donors (Lipinski definition) is 1. The lowest BCUT2D eigenvalue weighted by Gasteiger charge is -2.34. The van der Waals surface area contributed by atoms with E-state index in [9.17, 15) is 4.79 Å². The van der Waals surface area contributed by atoms with Crippen LogP contribution in [0.3, 0.4) is 0 Å². The van der Waals surface area contributed by atoms with E-state index in [1.165, 1.54) is 0 Å². The number of amides is 2. The van der Waals surface area contributed by atoms with Gasteiger partial charge in [0.2, 0.25) is 5.95 Å². The highest BCUT2D eigenvalue weighted by molar-refractivity contribution is 5.89. The minimum atomic E-state index is -0.0765. The number of aromatic nitrogens is 3. The molecule has 1 aromatic carbocycles. The molecule has 1 N–H and O–H groups in total. The maximum atomic E-state index is 12.5. The topological polar surface area (TPSA) is 66.3 Å². The van der Waals surface area contributed by atoms with Gasteiger partial charge < -0.3 is 19.7 Å². The van der Waals surface area contributed by atoms with Gasteiger partial charge in [0.25, 0.3) is 0 Å². The van der Waals surface area contributed by atoms with E-state index in [2.05, 4.69) is 20.2 Å². The Balaban J connectivity index is 1.33. The lowest BCUT2D eigenvalue weighted by Crippen LogP contribution is -2.50. The van der Waals surface area contributed by atoms with Crippen molar-refractivity contribution in [3.8, 4) is 5.69 Å². The van der Waals surface area contributed by atoms with E-state index in [1.807, 2.05) is 58.3 Å². The van der Waals surface area contributed by atoms with Crippen molar-refractivity contribution in [3.63, 3.8) is 0 Å². The molecule has 0 bridgehead atoms. The molecule has 4 rings (SSSR count). The van der Waals surface area contributed by atoms with Crippen LogP contribution in [0.15, 0.2) is 67.3 Å². The van der Waals surface area contributed by atoms with Crippen LogP contribution in [0.5, 0.6) is 0 Å². The zero-order valence-electron chi connectivity index (χ0n) is 14.3. The van der Waals surface area contributed by atoms with Gasteiger partial charge >= 0.3 is 6.03 Å². The number of carbonyl (C=O) groups excluding carboxylic acids is 1. The zero-order chi connectivity index (χ0) is 17.8. The fourth-order valence-electron chi connectivity index (χ4n) is 2.99. The number of hydrogen-bond acceptors (Lipinski definition) is 4. The molecule has 0 saturated carbocycles. The zero-order valence-corrected chi connectivity index (χ0v) is 14.3. The standard InChI is InChI=1S/C19H20N6O/c26-19(22-16-4-6-17(7-5-16)23-10-1-2-11-23)25-14-12-24(13-15-25)18-20-8-3-9-21-18/h1-11H,12-15H2,(H,22,26). The lowest BCUT2D eigenvalue weighted by atomic mass is 10.2. The maximum absolute atomic E-state index is 12.5. The van der Waals surface area contributed by atoms with Crippen LogP contribution in [0.2, 0.25) is 0 Å². The third-order valence-electron chi connectivity index (χ3n) is 4.42. The van der Waals surface area contributed by atoms with Gasteiger partial charge in [0.1, 0.15) is 0 Å². The minimum absolute atomic E-state index is 0.0765. The largest absolute Gasteiger partial charge is 0.337 e. The first-order valence-corrected chi connectivity index (χ1v) is 8.61. The molecule has 1 fully saturated rings. The molecule has 132 valence electrons. The third-order valence-corrected chi connectivity index (χ3v) is 4.42. The molecular formula is C19H20N6O. The van der Waals surface area contributed by atoms with E-state index in [-0.39, 0.29) is 6.03 Å². The van der Waals surface area contributed by atoms with Crippen LogP contribution in [0, 0.1) is 0 Å². The summed E-state index contributed by atoms with van der Waals surface area (Å²) in [7, 11) is 0. The molecule has 7 heteroatoms. The van der Waals surface area contributed by atoms with E-state index in [1.54, 1.807) is 18.5 Å². The summed E-state index contributed by atoms with van der Waals surface area (Å²) in [6.45, 7) is 2.74. The first-order valence-electron chi connectivity index (χ1n) is 8.61. The van der Waals surface area contributed by atoms with Gasteiger partial charge in [0, 0.05) is 62.3 Å². The first kappa shape index (κ1) is 16.1. The molecular weight excluding hydrogens is 328 g/mol. The van der Waals surface area contributed by atoms with Gasteiger partial charge in [-0.25, -0.2) is 14.8 Å². The van der Waals surface area contributed by atoms with E-state index < -0.39 is 0 Å². The summed E-state index contributed by atoms with van der Waals surface area (Å²) < 4.78 is 2.02. The van der Waals surface area contributed by atoms with Crippen LogP contribution < -0.4 is 10.2 Å². The normalized spacial score (nSPS) is 14.3. The maximum Gasteiger partial charge on any atom is 0.321 e. The summed E-state index contributed by atoms with van der Waals surface area (Å²) in [6.07, 6.45) is 7.45. The molecule has 2 aromatic heterocycles. The Kier molecular flexibility index (Phi) is 4.51. The predicted molar refractivity (Wildman–Crippen MR) is 101 cm³/mol. The van der Waals surface area contributed by atoms with E-state index in [4.69, 9.17) is 0 Å². The van der Waals surface area contributed by atoms with Crippen LogP contribution in [0.25, 0.3) is 5.69 Å². The van der Waals surface area contributed by atoms with Crippen molar-refractivity contribution in [2.24, 2.45) is 0 Å². The summed E-state index contributed by atoms with van der Waals surface area (Å²) in [4.78, 5) is 24.9. The highest BCUT2D eigenvalue weighted by Crippen LogP contribution is 2.15. The molecule has 1 aliphatic rings. The van der Waals surface area contributed by atoms with Crippen molar-refractivity contribution in [2.75, 3.05) is 36.4 Å². The fourth-order valence-corrected chi connectivity index (χ4v) is 2.99. The average Bonchev–Trinajstić information content (AvgIpc) is 3.24. The molecule has 1 saturated heterocycles. The number of nitrogens with zero attached hydrogens (tertiary/aromatic N) is 5. The number of piperazine rings is 1. The van der Waals surface area contributed by atoms with Gasteiger partial charge in [-0.15, -0.1) is 0 Å². The predicted octanol–water partition coefficient (Wildman–Crippen LogP) is 2.62. The molecule has 3 aromatic rings. The molecule has 0 spiro atoms. The summed E-state index contributed by atoms with van der Waals surface area (Å²) in [5.74, 6) is 0.716. The SMILES string of the molecule is O=C(Nc1ccc(-n2cccc2)cc1)N1CCN(c2ncccn2)CC1. The molecule has 0 aliphatic carbocycles. The van der Waals surface area contributed by atoms with E-state index in [0.29, 0.717) is 19.0 Å². The molecule has 2 amide bonds. The molecule has 0 radical (unpaired) electrons. The molecule has 3 heterocycles. The summed E-state index contributed by atoms with van der Waals surface area (Å²) in [5.41, 5.74) is 1.85. The summed E-state index contributed by atoms with van der Waals surface area (Å²) in [6, 6.07) is 13.5. The Bertz CT molecular complexity index is 840. The lowest BCUT2D eigenvalue weighted by molar-refractivity contribution is 0.208. The van der Waals surface area contributed by atoms with Crippen molar-refractivity contribution >= 4 is 17.7 Å². The number of benzene rings is 1. The quantitative estimate of drug-likeness (QED) is 0.790. The second-order valence-electron chi connectivity index (χ2n) is 6.09. The van der Waals surface area contributed by atoms with Gasteiger partial charge in [-0.2, -0.15) is 0 Å². The van der Waals surface area contributed by atoms with Crippen molar-refractivity contribution in [3.05, 3.63) is 67.3 Å². The van der Waals surface area contributed by atoms with Crippen LogP contribution >= 0.6 is 0 Å². The van der Waals surface area contributed by atoms with Crippen LogP contribution in [0.1, 0.15) is 0 Å². The van der Waals surface area contributed by atoms with Crippen LogP contribution in [-0.2, 0) is 0 Å². The number of carbonyl (C=O) groups is 1. The number of urea groups is 1. The molecule has 0 atom stereocenters. The Morgan fingerprint density at radius 1 is 0.885 bits per heavy atom. The van der Waals surface area contributed by atoms with Crippen molar-refractivity contribution in [1.82, 2.24) is 19.4 Å². The van der Waals surface area contributed by atoms with Crippen LogP contribution in [0.4, 0.5) is 16.4 Å². The van der Waals surface area contributed by atoms with E-state index in [0.717, 1.165) is 24.5 Å². The van der Waals surface area contributed by atoms with Gasteiger partial charge in [0.15, 0.2) is 0 Å². The number of anilines is 2.